The number of aromatic nitrogens is 1. The molecule has 1 atom stereocenters. The molecule has 1 amide bonds. The predicted molar refractivity (Wildman–Crippen MR) is 130 cm³/mol. The molecule has 0 bridgehead atoms. The number of nitrogens with one attached hydrogen (secondary N) is 1. The van der Waals surface area contributed by atoms with Crippen LogP contribution in [0.15, 0.2) is 47.4 Å². The Morgan fingerprint density at radius 3 is 2.70 bits per heavy atom. The summed E-state index contributed by atoms with van der Waals surface area (Å²) in [5.41, 5.74) is 2.18. The van der Waals surface area contributed by atoms with Crippen LogP contribution in [0.4, 0.5) is 5.69 Å². The summed E-state index contributed by atoms with van der Waals surface area (Å²) in [6, 6.07) is 12.9. The summed E-state index contributed by atoms with van der Waals surface area (Å²) >= 11 is 1.58. The van der Waals surface area contributed by atoms with E-state index in [1.54, 1.807) is 48.4 Å². The minimum atomic E-state index is -3.62. The minimum absolute atomic E-state index is 0.0475. The maximum absolute atomic E-state index is 13.1. The summed E-state index contributed by atoms with van der Waals surface area (Å²) in [4.78, 5) is 19.4. The van der Waals surface area contributed by atoms with Crippen molar-refractivity contribution in [2.45, 2.75) is 24.8 Å². The summed E-state index contributed by atoms with van der Waals surface area (Å²) in [6.07, 6.45) is 0. The van der Waals surface area contributed by atoms with Gasteiger partial charge in [-0.2, -0.15) is 4.31 Å². The van der Waals surface area contributed by atoms with Crippen molar-refractivity contribution < 1.29 is 17.9 Å². The van der Waals surface area contributed by atoms with Crippen molar-refractivity contribution in [3.63, 3.8) is 0 Å². The molecule has 0 spiro atoms. The molecule has 176 valence electrons. The SMILES string of the molecule is Cc1ccc(NCC(=O)N(C)[C@@H](C)c2nc3ccccc3s2)cc1S(=O)(=O)N1CCOCC1. The van der Waals surface area contributed by atoms with Crippen LogP contribution < -0.4 is 5.32 Å². The van der Waals surface area contributed by atoms with Gasteiger partial charge in [0.2, 0.25) is 15.9 Å². The summed E-state index contributed by atoms with van der Waals surface area (Å²) in [5.74, 6) is -0.111. The van der Waals surface area contributed by atoms with Gasteiger partial charge in [0, 0.05) is 25.8 Å². The zero-order valence-corrected chi connectivity index (χ0v) is 20.6. The number of hydrogen-bond acceptors (Lipinski definition) is 7. The van der Waals surface area contributed by atoms with Crippen molar-refractivity contribution in [2.75, 3.05) is 45.2 Å². The largest absolute Gasteiger partial charge is 0.379 e. The highest BCUT2D eigenvalue weighted by molar-refractivity contribution is 7.89. The topological polar surface area (TPSA) is 91.8 Å². The quantitative estimate of drug-likeness (QED) is 0.549. The van der Waals surface area contributed by atoms with Crippen LogP contribution in [0, 0.1) is 6.92 Å². The number of hydrogen-bond donors (Lipinski definition) is 1. The third-order valence-corrected chi connectivity index (χ3v) is 9.11. The van der Waals surface area contributed by atoms with Gasteiger partial charge in [0.15, 0.2) is 0 Å². The van der Waals surface area contributed by atoms with Gasteiger partial charge in [0.05, 0.1) is 40.9 Å². The summed E-state index contributed by atoms with van der Waals surface area (Å²) in [6.45, 7) is 5.24. The van der Waals surface area contributed by atoms with Crippen molar-refractivity contribution in [3.05, 3.63) is 53.0 Å². The highest BCUT2D eigenvalue weighted by Crippen LogP contribution is 2.29. The molecule has 1 N–H and O–H groups in total. The molecule has 0 aliphatic carbocycles. The van der Waals surface area contributed by atoms with Crippen molar-refractivity contribution in [1.29, 1.82) is 0 Å². The Bertz CT molecular complexity index is 1220. The second kappa shape index (κ2) is 9.76. The number of carbonyl (C=O) groups excluding carboxylic acids is 1. The van der Waals surface area contributed by atoms with Gasteiger partial charge < -0.3 is 15.0 Å². The zero-order valence-electron chi connectivity index (χ0n) is 18.9. The van der Waals surface area contributed by atoms with Crippen molar-refractivity contribution in [1.82, 2.24) is 14.2 Å². The Labute approximate surface area is 198 Å². The number of morpholine rings is 1. The first-order valence-corrected chi connectivity index (χ1v) is 13.1. The van der Waals surface area contributed by atoms with E-state index in [0.717, 1.165) is 15.2 Å². The second-order valence-corrected chi connectivity index (χ2v) is 11.0. The first-order valence-electron chi connectivity index (χ1n) is 10.8. The molecule has 1 aliphatic rings. The van der Waals surface area contributed by atoms with Crippen molar-refractivity contribution in [3.8, 4) is 0 Å². The van der Waals surface area contributed by atoms with Gasteiger partial charge in [-0.25, -0.2) is 13.4 Å². The lowest BCUT2D eigenvalue weighted by Gasteiger charge is -2.27. The second-order valence-electron chi connectivity index (χ2n) is 8.05. The minimum Gasteiger partial charge on any atom is -0.379 e. The summed E-state index contributed by atoms with van der Waals surface area (Å²) < 4.78 is 34.0. The lowest BCUT2D eigenvalue weighted by atomic mass is 10.2. The Kier molecular flexibility index (Phi) is 6.99. The molecule has 1 aromatic heterocycles. The molecule has 33 heavy (non-hydrogen) atoms. The molecule has 0 saturated carbocycles. The molecule has 1 saturated heterocycles. The van der Waals surface area contributed by atoms with E-state index in [2.05, 4.69) is 10.3 Å². The first-order chi connectivity index (χ1) is 15.8. The molecular formula is C23H28N4O4S2. The summed E-state index contributed by atoms with van der Waals surface area (Å²) in [5, 5.41) is 3.96. The number of sulfonamides is 1. The van der Waals surface area contributed by atoms with E-state index in [-0.39, 0.29) is 23.4 Å². The molecule has 2 aromatic carbocycles. The van der Waals surface area contributed by atoms with Gasteiger partial charge in [0.1, 0.15) is 5.01 Å². The Morgan fingerprint density at radius 2 is 1.97 bits per heavy atom. The number of fused-ring (bicyclic) bond motifs is 1. The molecule has 0 unspecified atom stereocenters. The van der Waals surface area contributed by atoms with Gasteiger partial charge in [-0.05, 0) is 43.7 Å². The number of anilines is 1. The fourth-order valence-electron chi connectivity index (χ4n) is 3.67. The Balaban J connectivity index is 1.44. The van der Waals surface area contributed by atoms with E-state index in [0.29, 0.717) is 37.6 Å². The summed E-state index contributed by atoms with van der Waals surface area (Å²) in [7, 11) is -1.87. The number of carbonyl (C=O) groups is 1. The Hall–Kier alpha value is -2.53. The van der Waals surface area contributed by atoms with E-state index >= 15 is 0 Å². The molecule has 2 heterocycles. The smallest absolute Gasteiger partial charge is 0.243 e. The number of thiazole rings is 1. The number of benzene rings is 2. The molecule has 3 aromatic rings. The van der Waals surface area contributed by atoms with Crippen LogP contribution in [-0.4, -0.2) is 68.4 Å². The van der Waals surface area contributed by atoms with Crippen LogP contribution in [-0.2, 0) is 19.6 Å². The maximum Gasteiger partial charge on any atom is 0.243 e. The van der Waals surface area contributed by atoms with Crippen molar-refractivity contribution >= 4 is 43.2 Å². The van der Waals surface area contributed by atoms with Gasteiger partial charge >= 0.3 is 0 Å². The zero-order chi connectivity index (χ0) is 23.6. The number of ether oxygens (including phenoxy) is 1. The third-order valence-electron chi connectivity index (χ3n) is 5.86. The first kappa shape index (κ1) is 23.6. The number of rotatable bonds is 7. The van der Waals surface area contributed by atoms with Crippen LogP contribution in [0.25, 0.3) is 10.2 Å². The fraction of sp³-hybridized carbons (Fsp3) is 0.391. The third kappa shape index (κ3) is 5.03. The average molecular weight is 489 g/mol. The molecule has 1 aliphatic heterocycles. The number of likely N-dealkylation sites (N-methyl/N-ethyl adjacent to an activating group) is 1. The molecule has 4 rings (SSSR count). The predicted octanol–water partition coefficient (Wildman–Crippen LogP) is 3.26. The highest BCUT2D eigenvalue weighted by Gasteiger charge is 2.28. The van der Waals surface area contributed by atoms with Gasteiger partial charge in [-0.3, -0.25) is 4.79 Å². The molecule has 1 fully saturated rings. The lowest BCUT2D eigenvalue weighted by molar-refractivity contribution is -0.129. The lowest BCUT2D eigenvalue weighted by Crippen LogP contribution is -2.40. The Morgan fingerprint density at radius 1 is 1.24 bits per heavy atom. The fourth-order valence-corrected chi connectivity index (χ4v) is 6.39. The number of nitrogens with zero attached hydrogens (tertiary/aromatic N) is 3. The van der Waals surface area contributed by atoms with E-state index < -0.39 is 10.0 Å². The molecule has 8 nitrogen and oxygen atoms in total. The van der Waals surface area contributed by atoms with E-state index in [1.807, 2.05) is 31.2 Å². The highest BCUT2D eigenvalue weighted by atomic mass is 32.2. The molecular weight excluding hydrogens is 460 g/mol. The number of para-hydroxylation sites is 1. The van der Waals surface area contributed by atoms with Crippen LogP contribution in [0.2, 0.25) is 0 Å². The average Bonchev–Trinajstić information content (AvgIpc) is 3.27. The van der Waals surface area contributed by atoms with Crippen LogP contribution in [0.3, 0.4) is 0 Å². The maximum atomic E-state index is 13.1. The van der Waals surface area contributed by atoms with Gasteiger partial charge in [-0.1, -0.05) is 18.2 Å². The van der Waals surface area contributed by atoms with Crippen molar-refractivity contribution in [2.24, 2.45) is 0 Å². The van der Waals surface area contributed by atoms with Crippen LogP contribution >= 0.6 is 11.3 Å². The van der Waals surface area contributed by atoms with Gasteiger partial charge in [0.25, 0.3) is 0 Å². The van der Waals surface area contributed by atoms with Crippen LogP contribution in [0.5, 0.6) is 0 Å². The monoisotopic (exact) mass is 488 g/mol. The number of amides is 1. The van der Waals surface area contributed by atoms with E-state index in [1.165, 1.54) is 4.31 Å². The van der Waals surface area contributed by atoms with Crippen LogP contribution in [0.1, 0.15) is 23.5 Å². The normalized spacial score (nSPS) is 16.0. The molecule has 10 heteroatoms. The van der Waals surface area contributed by atoms with E-state index in [4.69, 9.17) is 4.74 Å². The van der Waals surface area contributed by atoms with Gasteiger partial charge in [-0.15, -0.1) is 11.3 Å². The standard InChI is InChI=1S/C23H28N4O4S2/c1-16-8-9-18(14-21(16)33(29,30)27-10-12-31-13-11-27)24-15-22(28)26(3)17(2)23-25-19-6-4-5-7-20(19)32-23/h4-9,14,17,24H,10-13,15H2,1-3H3/t17-/m0/s1. The molecule has 0 radical (unpaired) electrons. The van der Waals surface area contributed by atoms with E-state index in [9.17, 15) is 13.2 Å². The number of aryl methyl sites for hydroxylation is 1.